The van der Waals surface area contributed by atoms with Gasteiger partial charge in [-0.25, -0.2) is 4.79 Å². The van der Waals surface area contributed by atoms with Gasteiger partial charge in [0.2, 0.25) is 5.78 Å². The molecule has 23 heavy (non-hydrogen) atoms. The van der Waals surface area contributed by atoms with Gasteiger partial charge in [0.25, 0.3) is 0 Å². The molecule has 0 spiro atoms. The Bertz CT molecular complexity index is 781. The SMILES string of the molecule is Cc1ccc(C(=O)[C@H](C)OC(=O)c2ccc([N+](=O)[O-])s2)cc1C. The molecule has 0 N–H and O–H groups in total. The molecule has 120 valence electrons. The third-order valence-electron chi connectivity index (χ3n) is 3.42. The Morgan fingerprint density at radius 3 is 2.43 bits per heavy atom. The highest BCUT2D eigenvalue weighted by atomic mass is 32.1. The Hall–Kier alpha value is -2.54. The van der Waals surface area contributed by atoms with Crippen LogP contribution in [0, 0.1) is 24.0 Å². The molecule has 2 rings (SSSR count). The number of hydrogen-bond acceptors (Lipinski definition) is 6. The summed E-state index contributed by atoms with van der Waals surface area (Å²) in [6.45, 7) is 5.32. The Kier molecular flexibility index (Phi) is 4.90. The lowest BCUT2D eigenvalue weighted by Crippen LogP contribution is -2.24. The summed E-state index contributed by atoms with van der Waals surface area (Å²) < 4.78 is 5.12. The van der Waals surface area contributed by atoms with E-state index in [9.17, 15) is 19.7 Å². The Morgan fingerprint density at radius 2 is 1.87 bits per heavy atom. The van der Waals surface area contributed by atoms with Crippen LogP contribution in [0.1, 0.15) is 38.1 Å². The van der Waals surface area contributed by atoms with Crippen molar-refractivity contribution in [3.8, 4) is 0 Å². The van der Waals surface area contributed by atoms with Crippen molar-refractivity contribution in [3.05, 3.63) is 62.0 Å². The molecule has 0 bridgehead atoms. The van der Waals surface area contributed by atoms with E-state index in [0.717, 1.165) is 22.5 Å². The van der Waals surface area contributed by atoms with E-state index in [2.05, 4.69) is 0 Å². The molecule has 0 aliphatic heterocycles. The maximum Gasteiger partial charge on any atom is 0.349 e. The van der Waals surface area contributed by atoms with Crippen molar-refractivity contribution in [3.63, 3.8) is 0 Å². The maximum atomic E-state index is 12.3. The molecule has 0 aliphatic rings. The van der Waals surface area contributed by atoms with Crippen molar-refractivity contribution in [1.29, 1.82) is 0 Å². The zero-order chi connectivity index (χ0) is 17.1. The number of carbonyl (C=O) groups excluding carboxylic acids is 2. The molecule has 1 heterocycles. The molecule has 6 nitrogen and oxygen atoms in total. The number of esters is 1. The molecule has 0 unspecified atom stereocenters. The standard InChI is InChI=1S/C16H15NO5S/c1-9-4-5-12(8-10(9)2)15(18)11(3)22-16(19)13-6-7-14(23-13)17(20)21/h4-8,11H,1-3H3/t11-/m0/s1. The molecule has 0 fully saturated rings. The van der Waals surface area contributed by atoms with E-state index < -0.39 is 17.0 Å². The summed E-state index contributed by atoms with van der Waals surface area (Å²) in [5.74, 6) is -1.06. The molecule has 2 aromatic rings. The van der Waals surface area contributed by atoms with Gasteiger partial charge in [0.05, 0.1) is 4.92 Å². The van der Waals surface area contributed by atoms with Crippen LogP contribution in [0.25, 0.3) is 0 Å². The van der Waals surface area contributed by atoms with Gasteiger partial charge in [-0.15, -0.1) is 0 Å². The highest BCUT2D eigenvalue weighted by Gasteiger charge is 2.23. The molecular formula is C16H15NO5S. The van der Waals surface area contributed by atoms with Crippen LogP contribution in [-0.2, 0) is 4.74 Å². The minimum Gasteiger partial charge on any atom is -0.450 e. The van der Waals surface area contributed by atoms with Crippen molar-refractivity contribution in [2.24, 2.45) is 0 Å². The molecule has 1 aromatic carbocycles. The van der Waals surface area contributed by atoms with Crippen molar-refractivity contribution in [1.82, 2.24) is 0 Å². The summed E-state index contributed by atoms with van der Waals surface area (Å²) in [7, 11) is 0. The third kappa shape index (κ3) is 3.81. The van der Waals surface area contributed by atoms with Crippen LogP contribution in [0.5, 0.6) is 0 Å². The van der Waals surface area contributed by atoms with Crippen LogP contribution < -0.4 is 0 Å². The summed E-state index contributed by atoms with van der Waals surface area (Å²) in [6.07, 6.45) is -0.967. The summed E-state index contributed by atoms with van der Waals surface area (Å²) in [6, 6.07) is 7.82. The van der Waals surface area contributed by atoms with E-state index >= 15 is 0 Å². The first-order chi connectivity index (χ1) is 10.8. The van der Waals surface area contributed by atoms with E-state index in [4.69, 9.17) is 4.74 Å². The minimum absolute atomic E-state index is 0.0939. The van der Waals surface area contributed by atoms with E-state index in [1.165, 1.54) is 19.1 Å². The highest BCUT2D eigenvalue weighted by Crippen LogP contribution is 2.25. The molecule has 0 aliphatic carbocycles. The molecule has 1 atom stereocenters. The Morgan fingerprint density at radius 1 is 1.17 bits per heavy atom. The number of ether oxygens (including phenoxy) is 1. The molecule has 0 saturated heterocycles. The third-order valence-corrected chi connectivity index (χ3v) is 4.43. The topological polar surface area (TPSA) is 86.5 Å². The van der Waals surface area contributed by atoms with Crippen molar-refractivity contribution in [2.75, 3.05) is 0 Å². The smallest absolute Gasteiger partial charge is 0.349 e. The molecule has 1 aromatic heterocycles. The monoisotopic (exact) mass is 333 g/mol. The van der Waals surface area contributed by atoms with E-state index in [-0.39, 0.29) is 15.7 Å². The number of nitro groups is 1. The van der Waals surface area contributed by atoms with Crippen molar-refractivity contribution < 1.29 is 19.2 Å². The molecule has 7 heteroatoms. The second-order valence-corrected chi connectivity index (χ2v) is 6.17. The largest absolute Gasteiger partial charge is 0.450 e. The van der Waals surface area contributed by atoms with Gasteiger partial charge in [-0.3, -0.25) is 14.9 Å². The van der Waals surface area contributed by atoms with E-state index in [1.54, 1.807) is 12.1 Å². The van der Waals surface area contributed by atoms with Gasteiger partial charge >= 0.3 is 11.0 Å². The van der Waals surface area contributed by atoms with Crippen LogP contribution in [0.2, 0.25) is 0 Å². The van der Waals surface area contributed by atoms with Gasteiger partial charge in [0, 0.05) is 11.6 Å². The minimum atomic E-state index is -0.967. The number of rotatable bonds is 5. The van der Waals surface area contributed by atoms with Gasteiger partial charge in [-0.1, -0.05) is 23.5 Å². The first kappa shape index (κ1) is 16.8. The number of ketones is 1. The number of nitrogens with zero attached hydrogens (tertiary/aromatic N) is 1. The number of thiophene rings is 1. The summed E-state index contributed by atoms with van der Waals surface area (Å²) in [4.78, 5) is 34.4. The van der Waals surface area contributed by atoms with Gasteiger partial charge in [0.15, 0.2) is 6.10 Å². The highest BCUT2D eigenvalue weighted by molar-refractivity contribution is 7.17. The lowest BCUT2D eigenvalue weighted by atomic mass is 10.0. The quantitative estimate of drug-likeness (QED) is 0.360. The van der Waals surface area contributed by atoms with E-state index in [1.807, 2.05) is 19.9 Å². The molecular weight excluding hydrogens is 318 g/mol. The number of benzene rings is 1. The van der Waals surface area contributed by atoms with Crippen LogP contribution in [0.15, 0.2) is 30.3 Å². The van der Waals surface area contributed by atoms with Crippen molar-refractivity contribution >= 4 is 28.1 Å². The lowest BCUT2D eigenvalue weighted by Gasteiger charge is -2.12. The van der Waals surface area contributed by atoms with Crippen LogP contribution in [0.3, 0.4) is 0 Å². The Balaban J connectivity index is 2.09. The first-order valence-corrected chi connectivity index (χ1v) is 7.68. The van der Waals surface area contributed by atoms with Crippen LogP contribution in [0.4, 0.5) is 5.00 Å². The van der Waals surface area contributed by atoms with Crippen LogP contribution in [-0.4, -0.2) is 22.8 Å². The summed E-state index contributed by atoms with van der Waals surface area (Å²) >= 11 is 0.718. The van der Waals surface area contributed by atoms with Gasteiger partial charge in [-0.05, 0) is 44.0 Å². The summed E-state index contributed by atoms with van der Waals surface area (Å²) in [5.41, 5.74) is 2.51. The zero-order valence-corrected chi connectivity index (χ0v) is 13.7. The van der Waals surface area contributed by atoms with Crippen LogP contribution >= 0.6 is 11.3 Å². The van der Waals surface area contributed by atoms with Gasteiger partial charge in [0.1, 0.15) is 4.88 Å². The number of hydrogen-bond donors (Lipinski definition) is 0. The van der Waals surface area contributed by atoms with E-state index in [0.29, 0.717) is 5.56 Å². The fraction of sp³-hybridized carbons (Fsp3) is 0.250. The average Bonchev–Trinajstić information content (AvgIpc) is 2.99. The maximum absolute atomic E-state index is 12.3. The number of aryl methyl sites for hydroxylation is 2. The second kappa shape index (κ2) is 6.70. The number of Topliss-reactive ketones (excluding diaryl/α,β-unsaturated/α-hetero) is 1. The predicted octanol–water partition coefficient (Wildman–Crippen LogP) is 3.70. The molecule has 0 amide bonds. The average molecular weight is 333 g/mol. The summed E-state index contributed by atoms with van der Waals surface area (Å²) in [5, 5.41) is 10.5. The fourth-order valence-electron chi connectivity index (χ4n) is 1.94. The second-order valence-electron chi connectivity index (χ2n) is 5.11. The predicted molar refractivity (Wildman–Crippen MR) is 86.1 cm³/mol. The number of carbonyl (C=O) groups is 2. The Labute approximate surface area is 136 Å². The lowest BCUT2D eigenvalue weighted by molar-refractivity contribution is -0.380. The normalized spacial score (nSPS) is 11.8. The molecule has 0 radical (unpaired) electrons. The van der Waals surface area contributed by atoms with Crippen molar-refractivity contribution in [2.45, 2.75) is 26.9 Å². The zero-order valence-electron chi connectivity index (χ0n) is 12.9. The fourth-order valence-corrected chi connectivity index (χ4v) is 2.64. The van der Waals surface area contributed by atoms with Gasteiger partial charge < -0.3 is 4.74 Å². The first-order valence-electron chi connectivity index (χ1n) is 6.86. The van der Waals surface area contributed by atoms with Gasteiger partial charge in [-0.2, -0.15) is 0 Å². The molecule has 0 saturated carbocycles.